The van der Waals surface area contributed by atoms with E-state index in [1.54, 1.807) is 19.4 Å². The number of rotatable bonds is 3. The summed E-state index contributed by atoms with van der Waals surface area (Å²) >= 11 is 11.8. The highest BCUT2D eigenvalue weighted by molar-refractivity contribution is 6.35. The highest BCUT2D eigenvalue weighted by Crippen LogP contribution is 2.24. The molecule has 1 aliphatic rings. The molecule has 88 valence electrons. The van der Waals surface area contributed by atoms with Crippen LogP contribution in [-0.4, -0.2) is 37.3 Å². The molecule has 1 fully saturated rings. The first-order chi connectivity index (χ1) is 7.70. The van der Waals surface area contributed by atoms with Gasteiger partial charge in [-0.05, 0) is 6.07 Å². The lowest BCUT2D eigenvalue weighted by Gasteiger charge is -2.19. The third-order valence-electron chi connectivity index (χ3n) is 2.59. The van der Waals surface area contributed by atoms with Crippen molar-refractivity contribution < 1.29 is 4.74 Å². The lowest BCUT2D eigenvalue weighted by Crippen LogP contribution is -2.33. The van der Waals surface area contributed by atoms with Crippen LogP contribution in [-0.2, 0) is 4.74 Å². The van der Waals surface area contributed by atoms with Crippen LogP contribution in [0.3, 0.4) is 0 Å². The summed E-state index contributed by atoms with van der Waals surface area (Å²) in [4.78, 5) is 4.15. The van der Waals surface area contributed by atoms with Crippen molar-refractivity contribution >= 4 is 29.0 Å². The fourth-order valence-corrected chi connectivity index (χ4v) is 2.18. The fraction of sp³-hybridized carbons (Fsp3) is 0.500. The Labute approximate surface area is 104 Å². The molecule has 1 unspecified atom stereocenters. The van der Waals surface area contributed by atoms with Crippen molar-refractivity contribution in [3.63, 3.8) is 0 Å². The van der Waals surface area contributed by atoms with Crippen LogP contribution in [0.1, 0.15) is 0 Å². The van der Waals surface area contributed by atoms with E-state index in [1.807, 2.05) is 0 Å². The number of nitrogens with one attached hydrogen (secondary N) is 2. The SMILES string of the molecule is CO[C@H]1CNCC1Nc1ncc(Cl)cc1Cl. The second-order valence-electron chi connectivity index (χ2n) is 3.67. The molecule has 1 saturated heterocycles. The number of hydrogen-bond donors (Lipinski definition) is 2. The van der Waals surface area contributed by atoms with Gasteiger partial charge in [-0.3, -0.25) is 0 Å². The van der Waals surface area contributed by atoms with Gasteiger partial charge < -0.3 is 15.4 Å². The van der Waals surface area contributed by atoms with E-state index < -0.39 is 0 Å². The average molecular weight is 262 g/mol. The van der Waals surface area contributed by atoms with Crippen LogP contribution in [0.15, 0.2) is 12.3 Å². The Bertz CT molecular complexity index is 375. The zero-order valence-corrected chi connectivity index (χ0v) is 10.3. The number of anilines is 1. The van der Waals surface area contributed by atoms with Crippen molar-refractivity contribution in [1.82, 2.24) is 10.3 Å². The monoisotopic (exact) mass is 261 g/mol. The molecular weight excluding hydrogens is 249 g/mol. The Hall–Kier alpha value is -0.550. The molecule has 16 heavy (non-hydrogen) atoms. The molecule has 2 rings (SSSR count). The summed E-state index contributed by atoms with van der Waals surface area (Å²) in [6.45, 7) is 1.67. The van der Waals surface area contributed by atoms with Gasteiger partial charge in [0.2, 0.25) is 0 Å². The maximum absolute atomic E-state index is 6.03. The smallest absolute Gasteiger partial charge is 0.145 e. The number of nitrogens with zero attached hydrogens (tertiary/aromatic N) is 1. The maximum Gasteiger partial charge on any atom is 0.145 e. The van der Waals surface area contributed by atoms with Crippen LogP contribution in [0.5, 0.6) is 0 Å². The molecule has 4 nitrogen and oxygen atoms in total. The predicted octanol–water partition coefficient (Wildman–Crippen LogP) is 1.79. The molecule has 0 bridgehead atoms. The summed E-state index contributed by atoms with van der Waals surface area (Å²) in [5.41, 5.74) is 0. The second-order valence-corrected chi connectivity index (χ2v) is 4.51. The molecule has 2 heterocycles. The van der Waals surface area contributed by atoms with Crippen molar-refractivity contribution in [3.8, 4) is 0 Å². The van der Waals surface area contributed by atoms with Crippen LogP contribution in [0.4, 0.5) is 5.82 Å². The lowest BCUT2D eigenvalue weighted by atomic mass is 10.2. The summed E-state index contributed by atoms with van der Waals surface area (Å²) in [5.74, 6) is 0.641. The number of halogens is 2. The molecule has 0 radical (unpaired) electrons. The van der Waals surface area contributed by atoms with Crippen molar-refractivity contribution in [1.29, 1.82) is 0 Å². The summed E-state index contributed by atoms with van der Waals surface area (Å²) in [6.07, 6.45) is 1.70. The third-order valence-corrected chi connectivity index (χ3v) is 3.09. The van der Waals surface area contributed by atoms with E-state index in [2.05, 4.69) is 15.6 Å². The molecule has 1 aromatic heterocycles. The van der Waals surface area contributed by atoms with E-state index in [4.69, 9.17) is 27.9 Å². The highest BCUT2D eigenvalue weighted by atomic mass is 35.5. The Balaban J connectivity index is 2.08. The highest BCUT2D eigenvalue weighted by Gasteiger charge is 2.27. The van der Waals surface area contributed by atoms with Gasteiger partial charge in [-0.2, -0.15) is 0 Å². The molecule has 1 aromatic rings. The fourth-order valence-electron chi connectivity index (χ4n) is 1.74. The van der Waals surface area contributed by atoms with Gasteiger partial charge in [-0.15, -0.1) is 0 Å². The number of pyridine rings is 1. The van der Waals surface area contributed by atoms with Gasteiger partial charge in [-0.25, -0.2) is 4.98 Å². The number of hydrogen-bond acceptors (Lipinski definition) is 4. The number of ether oxygens (including phenoxy) is 1. The Morgan fingerprint density at radius 2 is 2.31 bits per heavy atom. The Kier molecular flexibility index (Phi) is 3.86. The number of aromatic nitrogens is 1. The number of methoxy groups -OCH3 is 1. The molecule has 0 saturated carbocycles. The normalized spacial score (nSPS) is 24.7. The van der Waals surface area contributed by atoms with E-state index >= 15 is 0 Å². The summed E-state index contributed by atoms with van der Waals surface area (Å²) in [7, 11) is 1.70. The van der Waals surface area contributed by atoms with E-state index in [-0.39, 0.29) is 12.1 Å². The molecule has 0 spiro atoms. The van der Waals surface area contributed by atoms with Crippen LogP contribution in [0, 0.1) is 0 Å². The van der Waals surface area contributed by atoms with Crippen LogP contribution in [0.25, 0.3) is 0 Å². The maximum atomic E-state index is 6.03. The topological polar surface area (TPSA) is 46.2 Å². The minimum atomic E-state index is 0.133. The molecule has 0 amide bonds. The van der Waals surface area contributed by atoms with E-state index in [1.165, 1.54) is 0 Å². The van der Waals surface area contributed by atoms with Gasteiger partial charge in [-0.1, -0.05) is 23.2 Å². The van der Waals surface area contributed by atoms with Crippen LogP contribution < -0.4 is 10.6 Å². The first-order valence-corrected chi connectivity index (χ1v) is 5.77. The van der Waals surface area contributed by atoms with Gasteiger partial charge in [0.05, 0.1) is 22.2 Å². The quantitative estimate of drug-likeness (QED) is 0.871. The van der Waals surface area contributed by atoms with Crippen LogP contribution >= 0.6 is 23.2 Å². The largest absolute Gasteiger partial charge is 0.378 e. The molecule has 0 aliphatic carbocycles. The van der Waals surface area contributed by atoms with Gasteiger partial charge >= 0.3 is 0 Å². The van der Waals surface area contributed by atoms with Gasteiger partial charge in [0, 0.05) is 26.4 Å². The van der Waals surface area contributed by atoms with Gasteiger partial charge in [0.15, 0.2) is 0 Å². The van der Waals surface area contributed by atoms with Crippen LogP contribution in [0.2, 0.25) is 10.0 Å². The molecule has 2 atom stereocenters. The minimum Gasteiger partial charge on any atom is -0.378 e. The zero-order valence-electron chi connectivity index (χ0n) is 8.84. The predicted molar refractivity (Wildman–Crippen MR) is 65.3 cm³/mol. The first kappa shape index (κ1) is 11.9. The molecule has 2 N–H and O–H groups in total. The van der Waals surface area contributed by atoms with Gasteiger partial charge in [0.25, 0.3) is 0 Å². The zero-order chi connectivity index (χ0) is 11.5. The van der Waals surface area contributed by atoms with Crippen molar-refractivity contribution in [3.05, 3.63) is 22.3 Å². The third kappa shape index (κ3) is 2.58. The lowest BCUT2D eigenvalue weighted by molar-refractivity contribution is 0.111. The summed E-state index contributed by atoms with van der Waals surface area (Å²) in [5, 5.41) is 7.54. The average Bonchev–Trinajstić information content (AvgIpc) is 2.69. The van der Waals surface area contributed by atoms with E-state index in [0.29, 0.717) is 15.9 Å². The minimum absolute atomic E-state index is 0.133. The molecule has 0 aromatic carbocycles. The van der Waals surface area contributed by atoms with E-state index in [0.717, 1.165) is 13.1 Å². The molecule has 6 heteroatoms. The Morgan fingerprint density at radius 1 is 1.50 bits per heavy atom. The second kappa shape index (κ2) is 5.19. The molecular formula is C10H13Cl2N3O. The Morgan fingerprint density at radius 3 is 3.00 bits per heavy atom. The van der Waals surface area contributed by atoms with E-state index in [9.17, 15) is 0 Å². The van der Waals surface area contributed by atoms with Crippen molar-refractivity contribution in [2.24, 2.45) is 0 Å². The van der Waals surface area contributed by atoms with Gasteiger partial charge in [0.1, 0.15) is 5.82 Å². The molecule has 1 aliphatic heterocycles. The van der Waals surface area contributed by atoms with Crippen molar-refractivity contribution in [2.75, 3.05) is 25.5 Å². The van der Waals surface area contributed by atoms with Crippen molar-refractivity contribution in [2.45, 2.75) is 12.1 Å². The summed E-state index contributed by atoms with van der Waals surface area (Å²) in [6, 6.07) is 1.85. The summed E-state index contributed by atoms with van der Waals surface area (Å²) < 4.78 is 5.34. The standard InChI is InChI=1S/C10H13Cl2N3O/c1-16-9-5-13-4-8(9)15-10-7(12)2-6(11)3-14-10/h2-3,8-9,13H,4-5H2,1H3,(H,14,15)/t8?,9-/m0/s1. The first-order valence-electron chi connectivity index (χ1n) is 5.02.